The van der Waals surface area contributed by atoms with Crippen LogP contribution < -0.4 is 11.5 Å². The third-order valence-electron chi connectivity index (χ3n) is 2.22. The number of hydrogen-bond donors (Lipinski definition) is 2. The van der Waals surface area contributed by atoms with E-state index in [0.717, 1.165) is 16.6 Å². The van der Waals surface area contributed by atoms with Gasteiger partial charge in [0.25, 0.3) is 0 Å². The number of rotatable bonds is 1. The molecule has 66 valence electrons. The molecule has 0 saturated carbocycles. The lowest BCUT2D eigenvalue weighted by Gasteiger charge is -2.04. The van der Waals surface area contributed by atoms with Gasteiger partial charge in [0.05, 0.1) is 0 Å². The first-order valence-electron chi connectivity index (χ1n) is 4.28. The molecule has 2 heteroatoms. The van der Waals surface area contributed by atoms with Gasteiger partial charge in [-0.3, -0.25) is 0 Å². The highest BCUT2D eigenvalue weighted by Gasteiger charge is 1.98. The Morgan fingerprint density at radius 2 is 1.92 bits per heavy atom. The van der Waals surface area contributed by atoms with Crippen molar-refractivity contribution in [3.8, 4) is 0 Å². The van der Waals surface area contributed by atoms with Gasteiger partial charge in [-0.25, -0.2) is 0 Å². The minimum absolute atomic E-state index is 0.556. The zero-order valence-electron chi connectivity index (χ0n) is 7.33. The molecule has 4 N–H and O–H groups in total. The van der Waals surface area contributed by atoms with Crippen molar-refractivity contribution in [2.24, 2.45) is 5.73 Å². The molecule has 13 heavy (non-hydrogen) atoms. The van der Waals surface area contributed by atoms with Gasteiger partial charge in [0, 0.05) is 12.2 Å². The molecule has 0 aliphatic heterocycles. The van der Waals surface area contributed by atoms with Crippen LogP contribution in [0.1, 0.15) is 5.56 Å². The summed E-state index contributed by atoms with van der Waals surface area (Å²) < 4.78 is 0. The van der Waals surface area contributed by atoms with Gasteiger partial charge in [0.2, 0.25) is 0 Å². The number of nitrogen functional groups attached to an aromatic ring is 1. The number of hydrogen-bond acceptors (Lipinski definition) is 2. The van der Waals surface area contributed by atoms with Crippen LogP contribution in [0.15, 0.2) is 36.4 Å². The molecule has 0 aliphatic carbocycles. The third-order valence-corrected chi connectivity index (χ3v) is 2.22. The maximum Gasteiger partial charge on any atom is 0.0320 e. The molecule has 0 fully saturated rings. The van der Waals surface area contributed by atoms with E-state index in [0.29, 0.717) is 6.54 Å². The number of anilines is 1. The average molecular weight is 172 g/mol. The summed E-state index contributed by atoms with van der Waals surface area (Å²) in [6, 6.07) is 12.0. The average Bonchev–Trinajstić information content (AvgIpc) is 2.17. The number of benzene rings is 2. The highest BCUT2D eigenvalue weighted by Crippen LogP contribution is 2.20. The Labute approximate surface area is 77.2 Å². The summed E-state index contributed by atoms with van der Waals surface area (Å²) >= 11 is 0. The van der Waals surface area contributed by atoms with Gasteiger partial charge in [-0.1, -0.05) is 24.3 Å². The Morgan fingerprint density at radius 1 is 1.08 bits per heavy atom. The first-order valence-corrected chi connectivity index (χ1v) is 4.28. The fourth-order valence-corrected chi connectivity index (χ4v) is 1.53. The van der Waals surface area contributed by atoms with E-state index < -0.39 is 0 Å². The second-order valence-corrected chi connectivity index (χ2v) is 3.10. The maximum absolute atomic E-state index is 5.71. The van der Waals surface area contributed by atoms with Crippen LogP contribution in [0.2, 0.25) is 0 Å². The lowest BCUT2D eigenvalue weighted by atomic mass is 10.0. The molecular weight excluding hydrogens is 160 g/mol. The second-order valence-electron chi connectivity index (χ2n) is 3.10. The summed E-state index contributed by atoms with van der Waals surface area (Å²) in [6.45, 7) is 0.556. The van der Waals surface area contributed by atoms with E-state index in [-0.39, 0.29) is 0 Å². The molecule has 0 atom stereocenters. The molecule has 0 amide bonds. The highest BCUT2D eigenvalue weighted by atomic mass is 14.5. The quantitative estimate of drug-likeness (QED) is 0.645. The van der Waals surface area contributed by atoms with E-state index in [1.54, 1.807) is 0 Å². The standard InChI is InChI=1S/C11H12N2/c12-7-9-3-1-2-8-4-5-10(13)6-11(8)9/h1-6H,7,12-13H2. The van der Waals surface area contributed by atoms with Crippen LogP contribution in [0.25, 0.3) is 10.8 Å². The predicted molar refractivity (Wildman–Crippen MR) is 56.3 cm³/mol. The van der Waals surface area contributed by atoms with E-state index in [1.807, 2.05) is 30.3 Å². The predicted octanol–water partition coefficient (Wildman–Crippen LogP) is 1.88. The van der Waals surface area contributed by atoms with Crippen molar-refractivity contribution in [3.63, 3.8) is 0 Å². The summed E-state index contributed by atoms with van der Waals surface area (Å²) in [5.74, 6) is 0. The van der Waals surface area contributed by atoms with Crippen molar-refractivity contribution in [2.75, 3.05) is 5.73 Å². The molecule has 0 aromatic heterocycles. The first-order chi connectivity index (χ1) is 6.31. The van der Waals surface area contributed by atoms with Crippen molar-refractivity contribution in [1.82, 2.24) is 0 Å². The molecule has 2 aromatic rings. The van der Waals surface area contributed by atoms with Gasteiger partial charge in [0.1, 0.15) is 0 Å². The Bertz CT molecular complexity index is 435. The molecular formula is C11H12N2. The number of nitrogens with two attached hydrogens (primary N) is 2. The van der Waals surface area contributed by atoms with Crippen molar-refractivity contribution in [3.05, 3.63) is 42.0 Å². The van der Waals surface area contributed by atoms with E-state index in [9.17, 15) is 0 Å². The molecule has 0 aliphatic rings. The molecule has 0 radical (unpaired) electrons. The van der Waals surface area contributed by atoms with Crippen LogP contribution in [0.5, 0.6) is 0 Å². The second kappa shape index (κ2) is 3.07. The normalized spacial score (nSPS) is 10.5. The minimum atomic E-state index is 0.556. The van der Waals surface area contributed by atoms with Gasteiger partial charge >= 0.3 is 0 Å². The van der Waals surface area contributed by atoms with Crippen LogP contribution in [-0.4, -0.2) is 0 Å². The lowest BCUT2D eigenvalue weighted by Crippen LogP contribution is -1.97. The monoisotopic (exact) mass is 172 g/mol. The van der Waals surface area contributed by atoms with Gasteiger partial charge in [-0.2, -0.15) is 0 Å². The van der Waals surface area contributed by atoms with Crippen molar-refractivity contribution in [1.29, 1.82) is 0 Å². The van der Waals surface area contributed by atoms with Crippen molar-refractivity contribution in [2.45, 2.75) is 6.54 Å². The highest BCUT2D eigenvalue weighted by molar-refractivity contribution is 5.88. The minimum Gasteiger partial charge on any atom is -0.399 e. The van der Waals surface area contributed by atoms with Crippen LogP contribution in [0.3, 0.4) is 0 Å². The summed E-state index contributed by atoms with van der Waals surface area (Å²) in [4.78, 5) is 0. The van der Waals surface area contributed by atoms with Crippen LogP contribution in [0, 0.1) is 0 Å². The Morgan fingerprint density at radius 3 is 2.69 bits per heavy atom. The van der Waals surface area contributed by atoms with Gasteiger partial charge < -0.3 is 11.5 Å². The lowest BCUT2D eigenvalue weighted by molar-refractivity contribution is 1.09. The number of fused-ring (bicyclic) bond motifs is 1. The Kier molecular flexibility index (Phi) is 1.91. The molecule has 0 saturated heterocycles. The third kappa shape index (κ3) is 1.36. The SMILES string of the molecule is NCc1cccc2ccc(N)cc12. The van der Waals surface area contributed by atoms with Gasteiger partial charge in [-0.15, -0.1) is 0 Å². The summed E-state index contributed by atoms with van der Waals surface area (Å²) in [6.07, 6.45) is 0. The van der Waals surface area contributed by atoms with E-state index in [1.165, 1.54) is 5.39 Å². The molecule has 0 unspecified atom stereocenters. The van der Waals surface area contributed by atoms with E-state index in [2.05, 4.69) is 6.07 Å². The van der Waals surface area contributed by atoms with Gasteiger partial charge in [0.15, 0.2) is 0 Å². The molecule has 2 rings (SSSR count). The molecule has 0 heterocycles. The van der Waals surface area contributed by atoms with E-state index in [4.69, 9.17) is 11.5 Å². The van der Waals surface area contributed by atoms with Crippen LogP contribution in [0.4, 0.5) is 5.69 Å². The molecule has 0 spiro atoms. The van der Waals surface area contributed by atoms with Crippen molar-refractivity contribution < 1.29 is 0 Å². The summed E-state index contributed by atoms with van der Waals surface area (Å²) in [5, 5.41) is 2.35. The Hall–Kier alpha value is -1.54. The zero-order valence-corrected chi connectivity index (χ0v) is 7.33. The Balaban J connectivity index is 2.79. The smallest absolute Gasteiger partial charge is 0.0320 e. The van der Waals surface area contributed by atoms with Gasteiger partial charge in [-0.05, 0) is 28.5 Å². The maximum atomic E-state index is 5.71. The summed E-state index contributed by atoms with van der Waals surface area (Å²) in [5.41, 5.74) is 13.3. The summed E-state index contributed by atoms with van der Waals surface area (Å²) in [7, 11) is 0. The molecule has 0 bridgehead atoms. The van der Waals surface area contributed by atoms with Crippen LogP contribution in [-0.2, 0) is 6.54 Å². The molecule has 2 nitrogen and oxygen atoms in total. The van der Waals surface area contributed by atoms with Crippen molar-refractivity contribution >= 4 is 16.5 Å². The zero-order chi connectivity index (χ0) is 9.26. The molecule has 2 aromatic carbocycles. The fraction of sp³-hybridized carbons (Fsp3) is 0.0909. The van der Waals surface area contributed by atoms with Crippen LogP contribution >= 0.6 is 0 Å². The topological polar surface area (TPSA) is 52.0 Å². The van der Waals surface area contributed by atoms with E-state index >= 15 is 0 Å². The fourth-order valence-electron chi connectivity index (χ4n) is 1.53. The first kappa shape index (κ1) is 8.08. The largest absolute Gasteiger partial charge is 0.399 e.